The molecule has 2 saturated heterocycles. The molecular weight excluding hydrogens is 152 g/mol. The monoisotopic (exact) mass is 166 g/mol. The minimum atomic E-state index is 0.417. The van der Waals surface area contributed by atoms with Crippen molar-refractivity contribution in [1.29, 1.82) is 0 Å². The maximum atomic E-state index is 5.38. The minimum Gasteiger partial charge on any atom is -0.392 e. The third-order valence-electron chi connectivity index (χ3n) is 3.63. The van der Waals surface area contributed by atoms with Gasteiger partial charge in [0.1, 0.15) is 6.10 Å². The SMILES string of the molecule is CN1C[C@@H]2CC[C@H]1[C@@H]1C=NO[C@H]21. The van der Waals surface area contributed by atoms with E-state index in [9.17, 15) is 0 Å². The van der Waals surface area contributed by atoms with Crippen LogP contribution in [0.5, 0.6) is 0 Å². The van der Waals surface area contributed by atoms with E-state index < -0.39 is 0 Å². The van der Waals surface area contributed by atoms with Gasteiger partial charge in [-0.1, -0.05) is 5.16 Å². The second kappa shape index (κ2) is 2.22. The summed E-state index contributed by atoms with van der Waals surface area (Å²) in [6, 6.07) is 0.700. The Kier molecular flexibility index (Phi) is 1.28. The zero-order chi connectivity index (χ0) is 8.13. The molecule has 3 heterocycles. The maximum Gasteiger partial charge on any atom is 0.140 e. The molecule has 1 aliphatic carbocycles. The smallest absolute Gasteiger partial charge is 0.140 e. The highest BCUT2D eigenvalue weighted by atomic mass is 16.6. The van der Waals surface area contributed by atoms with E-state index in [2.05, 4.69) is 17.1 Å². The van der Waals surface area contributed by atoms with Crippen LogP contribution in [0.15, 0.2) is 5.16 Å². The summed E-state index contributed by atoms with van der Waals surface area (Å²) in [5.41, 5.74) is 0. The van der Waals surface area contributed by atoms with Crippen LogP contribution in [0, 0.1) is 11.8 Å². The fraction of sp³-hybridized carbons (Fsp3) is 0.889. The number of nitrogens with zero attached hydrogens (tertiary/aromatic N) is 2. The molecular formula is C9H14N2O. The van der Waals surface area contributed by atoms with Gasteiger partial charge in [0.2, 0.25) is 0 Å². The van der Waals surface area contributed by atoms with Crippen molar-refractivity contribution in [2.45, 2.75) is 25.0 Å². The molecule has 0 spiro atoms. The molecule has 3 heteroatoms. The fourth-order valence-electron chi connectivity index (χ4n) is 3.01. The van der Waals surface area contributed by atoms with E-state index in [-0.39, 0.29) is 0 Å². The average molecular weight is 166 g/mol. The molecule has 4 atom stereocenters. The van der Waals surface area contributed by atoms with Crippen LogP contribution in [0.1, 0.15) is 12.8 Å². The molecule has 4 rings (SSSR count). The quantitative estimate of drug-likeness (QED) is 0.529. The number of oxime groups is 1. The molecule has 66 valence electrons. The van der Waals surface area contributed by atoms with Gasteiger partial charge in [0.25, 0.3) is 0 Å². The molecule has 0 aromatic rings. The fourth-order valence-corrected chi connectivity index (χ4v) is 3.01. The van der Waals surface area contributed by atoms with Crippen LogP contribution < -0.4 is 0 Å². The van der Waals surface area contributed by atoms with Crippen LogP contribution in [0.2, 0.25) is 0 Å². The van der Waals surface area contributed by atoms with Crippen molar-refractivity contribution in [1.82, 2.24) is 4.90 Å². The molecule has 3 nitrogen and oxygen atoms in total. The zero-order valence-corrected chi connectivity index (χ0v) is 7.31. The highest BCUT2D eigenvalue weighted by Gasteiger charge is 2.49. The molecule has 4 aliphatic rings. The van der Waals surface area contributed by atoms with Gasteiger partial charge in [0.05, 0.1) is 12.1 Å². The summed E-state index contributed by atoms with van der Waals surface area (Å²) in [6.45, 7) is 1.20. The van der Waals surface area contributed by atoms with Gasteiger partial charge < -0.3 is 9.74 Å². The van der Waals surface area contributed by atoms with E-state index in [1.54, 1.807) is 0 Å². The second-order valence-electron chi connectivity index (χ2n) is 4.25. The molecule has 1 saturated carbocycles. The Bertz CT molecular complexity index is 229. The Morgan fingerprint density at radius 1 is 1.50 bits per heavy atom. The molecule has 0 aromatic carbocycles. The summed E-state index contributed by atoms with van der Waals surface area (Å²) in [4.78, 5) is 7.85. The first-order chi connectivity index (χ1) is 5.86. The number of hydrogen-bond donors (Lipinski definition) is 0. The van der Waals surface area contributed by atoms with Gasteiger partial charge in [-0.15, -0.1) is 0 Å². The zero-order valence-electron chi connectivity index (χ0n) is 7.31. The minimum absolute atomic E-state index is 0.417. The summed E-state index contributed by atoms with van der Waals surface area (Å²) in [5.74, 6) is 1.31. The molecule has 3 aliphatic heterocycles. The van der Waals surface area contributed by atoms with Crippen molar-refractivity contribution in [2.24, 2.45) is 17.0 Å². The van der Waals surface area contributed by atoms with Crippen molar-refractivity contribution in [3.05, 3.63) is 0 Å². The van der Waals surface area contributed by atoms with Gasteiger partial charge in [0, 0.05) is 18.5 Å². The third kappa shape index (κ3) is 0.724. The lowest BCUT2D eigenvalue weighted by Gasteiger charge is -2.48. The number of fused-ring (bicyclic) bond motifs is 2. The average Bonchev–Trinajstić information content (AvgIpc) is 2.53. The lowest BCUT2D eigenvalue weighted by atomic mass is 9.71. The normalized spacial score (nSPS) is 50.8. The van der Waals surface area contributed by atoms with Gasteiger partial charge in [-0.3, -0.25) is 0 Å². The highest BCUT2D eigenvalue weighted by Crippen LogP contribution is 2.41. The van der Waals surface area contributed by atoms with Crippen LogP contribution in [0.3, 0.4) is 0 Å². The van der Waals surface area contributed by atoms with Gasteiger partial charge in [0.15, 0.2) is 0 Å². The summed E-state index contributed by atoms with van der Waals surface area (Å²) in [5, 5.41) is 3.95. The molecule has 3 fully saturated rings. The lowest BCUT2D eigenvalue weighted by molar-refractivity contribution is -0.0812. The summed E-state index contributed by atoms with van der Waals surface area (Å²) >= 11 is 0. The summed E-state index contributed by atoms with van der Waals surface area (Å²) in [7, 11) is 2.22. The molecule has 0 N–H and O–H groups in total. The molecule has 0 unspecified atom stereocenters. The van der Waals surface area contributed by atoms with Gasteiger partial charge in [-0.05, 0) is 19.9 Å². The van der Waals surface area contributed by atoms with Crippen molar-refractivity contribution in [2.75, 3.05) is 13.6 Å². The van der Waals surface area contributed by atoms with Crippen molar-refractivity contribution in [3.8, 4) is 0 Å². The highest BCUT2D eigenvalue weighted by molar-refractivity contribution is 5.64. The van der Waals surface area contributed by atoms with E-state index in [0.717, 1.165) is 5.92 Å². The first kappa shape index (κ1) is 6.89. The van der Waals surface area contributed by atoms with Gasteiger partial charge in [-0.25, -0.2) is 0 Å². The number of rotatable bonds is 0. The first-order valence-corrected chi connectivity index (χ1v) is 4.76. The van der Waals surface area contributed by atoms with E-state index in [1.165, 1.54) is 19.4 Å². The Morgan fingerprint density at radius 3 is 3.25 bits per heavy atom. The second-order valence-corrected chi connectivity index (χ2v) is 4.25. The predicted molar refractivity (Wildman–Crippen MR) is 46.0 cm³/mol. The molecule has 0 amide bonds. The summed E-state index contributed by atoms with van der Waals surface area (Å²) < 4.78 is 0. The Morgan fingerprint density at radius 2 is 2.42 bits per heavy atom. The van der Waals surface area contributed by atoms with Crippen LogP contribution in [0.25, 0.3) is 0 Å². The van der Waals surface area contributed by atoms with E-state index >= 15 is 0 Å². The van der Waals surface area contributed by atoms with Crippen LogP contribution in [0.4, 0.5) is 0 Å². The van der Waals surface area contributed by atoms with E-state index in [1.807, 2.05) is 6.21 Å². The Labute approximate surface area is 72.4 Å². The van der Waals surface area contributed by atoms with Crippen LogP contribution in [-0.4, -0.2) is 36.9 Å². The van der Waals surface area contributed by atoms with Gasteiger partial charge >= 0.3 is 0 Å². The Hall–Kier alpha value is -0.570. The standard InChI is InChI=1S/C9H14N2O/c1-11-5-6-2-3-8(11)7-4-10-12-9(6)7/h4,6-9H,2-3,5H2,1H3/t6-,7-,8-,9+/m0/s1. The first-order valence-electron chi connectivity index (χ1n) is 4.76. The lowest BCUT2D eigenvalue weighted by Crippen LogP contribution is -2.57. The van der Waals surface area contributed by atoms with Crippen molar-refractivity contribution >= 4 is 6.21 Å². The van der Waals surface area contributed by atoms with Crippen molar-refractivity contribution < 1.29 is 4.84 Å². The molecule has 12 heavy (non-hydrogen) atoms. The third-order valence-corrected chi connectivity index (χ3v) is 3.63. The molecule has 0 aromatic heterocycles. The molecule has 0 radical (unpaired) electrons. The molecule has 2 bridgehead atoms. The predicted octanol–water partition coefficient (Wildman–Crippen LogP) is 0.711. The van der Waals surface area contributed by atoms with E-state index in [4.69, 9.17) is 4.84 Å². The topological polar surface area (TPSA) is 24.8 Å². The van der Waals surface area contributed by atoms with Gasteiger partial charge in [-0.2, -0.15) is 0 Å². The summed E-state index contributed by atoms with van der Waals surface area (Å²) in [6.07, 6.45) is 5.09. The van der Waals surface area contributed by atoms with Crippen LogP contribution in [-0.2, 0) is 4.84 Å². The van der Waals surface area contributed by atoms with E-state index in [0.29, 0.717) is 18.1 Å². The van der Waals surface area contributed by atoms with Crippen molar-refractivity contribution in [3.63, 3.8) is 0 Å². The number of hydrogen-bond acceptors (Lipinski definition) is 3. The van der Waals surface area contributed by atoms with Crippen LogP contribution >= 0.6 is 0 Å². The Balaban J connectivity index is 1.93. The largest absolute Gasteiger partial charge is 0.392 e. The maximum absolute atomic E-state index is 5.38. The number of piperidine rings is 2.